The van der Waals surface area contributed by atoms with E-state index in [1.807, 2.05) is 0 Å². The summed E-state index contributed by atoms with van der Waals surface area (Å²) in [6.45, 7) is 4.59. The normalized spacial score (nSPS) is 38.3. The molecule has 1 saturated heterocycles. The average molecular weight is 184 g/mol. The fourth-order valence-electron chi connectivity index (χ4n) is 2.50. The van der Waals surface area contributed by atoms with Crippen LogP contribution in [0.4, 0.5) is 0 Å². The van der Waals surface area contributed by atoms with Crippen molar-refractivity contribution in [2.75, 3.05) is 33.2 Å². The molecule has 0 unspecified atom stereocenters. The molecule has 13 heavy (non-hydrogen) atoms. The van der Waals surface area contributed by atoms with E-state index in [2.05, 4.69) is 16.8 Å². The molecule has 76 valence electrons. The molecule has 1 aliphatic heterocycles. The molecule has 0 aromatic carbocycles. The lowest BCUT2D eigenvalue weighted by Crippen LogP contribution is -2.51. The van der Waals surface area contributed by atoms with Gasteiger partial charge in [0.15, 0.2) is 0 Å². The standard InChI is InChI=1S/C10H20N2O/c1-11-5-7-12(8-6-11)9-3-2-4-10(9)13/h9-10,13H,2-8H2,1H3/t9-,10+/m0/s1. The predicted molar refractivity (Wildman–Crippen MR) is 52.7 cm³/mol. The summed E-state index contributed by atoms with van der Waals surface area (Å²) in [5.74, 6) is 0. The minimum atomic E-state index is -0.0524. The fourth-order valence-corrected chi connectivity index (χ4v) is 2.50. The van der Waals surface area contributed by atoms with Crippen LogP contribution >= 0.6 is 0 Å². The van der Waals surface area contributed by atoms with Gasteiger partial charge >= 0.3 is 0 Å². The van der Waals surface area contributed by atoms with Gasteiger partial charge < -0.3 is 10.0 Å². The van der Waals surface area contributed by atoms with E-state index in [1.54, 1.807) is 0 Å². The van der Waals surface area contributed by atoms with Crippen LogP contribution in [-0.2, 0) is 0 Å². The molecule has 1 N–H and O–H groups in total. The largest absolute Gasteiger partial charge is 0.391 e. The molecule has 1 aliphatic carbocycles. The van der Waals surface area contributed by atoms with Crippen molar-refractivity contribution in [2.24, 2.45) is 0 Å². The van der Waals surface area contributed by atoms with Crippen LogP contribution in [0.25, 0.3) is 0 Å². The summed E-state index contributed by atoms with van der Waals surface area (Å²) in [6.07, 6.45) is 3.36. The van der Waals surface area contributed by atoms with Gasteiger partial charge in [0.1, 0.15) is 0 Å². The molecule has 0 amide bonds. The van der Waals surface area contributed by atoms with Gasteiger partial charge in [-0.25, -0.2) is 0 Å². The van der Waals surface area contributed by atoms with Crippen LogP contribution in [0, 0.1) is 0 Å². The van der Waals surface area contributed by atoms with Gasteiger partial charge in [-0.05, 0) is 26.3 Å². The zero-order chi connectivity index (χ0) is 9.26. The maximum absolute atomic E-state index is 9.75. The van der Waals surface area contributed by atoms with E-state index in [9.17, 15) is 5.11 Å². The minimum absolute atomic E-state index is 0.0524. The highest BCUT2D eigenvalue weighted by atomic mass is 16.3. The predicted octanol–water partition coefficient (Wildman–Crippen LogP) is 0.147. The number of likely N-dealkylation sites (N-methyl/N-ethyl adjacent to an activating group) is 1. The van der Waals surface area contributed by atoms with Crippen molar-refractivity contribution in [1.82, 2.24) is 9.80 Å². The molecule has 3 heteroatoms. The van der Waals surface area contributed by atoms with E-state index in [0.29, 0.717) is 6.04 Å². The molecule has 0 aromatic heterocycles. The van der Waals surface area contributed by atoms with Crippen molar-refractivity contribution >= 4 is 0 Å². The Morgan fingerprint density at radius 3 is 2.31 bits per heavy atom. The van der Waals surface area contributed by atoms with E-state index in [1.165, 1.54) is 12.8 Å². The third-order valence-electron chi connectivity index (χ3n) is 3.45. The summed E-state index contributed by atoms with van der Waals surface area (Å²) in [4.78, 5) is 4.83. The summed E-state index contributed by atoms with van der Waals surface area (Å²) in [5, 5.41) is 9.75. The molecule has 3 nitrogen and oxygen atoms in total. The molecule has 2 aliphatic rings. The Morgan fingerprint density at radius 2 is 1.77 bits per heavy atom. The van der Waals surface area contributed by atoms with E-state index in [4.69, 9.17) is 0 Å². The Labute approximate surface area is 80.3 Å². The third kappa shape index (κ3) is 2.03. The van der Waals surface area contributed by atoms with E-state index in [-0.39, 0.29) is 6.10 Å². The van der Waals surface area contributed by atoms with Crippen LogP contribution in [0.1, 0.15) is 19.3 Å². The number of hydrogen-bond acceptors (Lipinski definition) is 3. The van der Waals surface area contributed by atoms with Crippen LogP contribution in [0.5, 0.6) is 0 Å². The first-order chi connectivity index (χ1) is 6.27. The quantitative estimate of drug-likeness (QED) is 0.628. The maximum atomic E-state index is 9.75. The first-order valence-corrected chi connectivity index (χ1v) is 5.38. The average Bonchev–Trinajstić information content (AvgIpc) is 2.53. The molecule has 2 fully saturated rings. The Hall–Kier alpha value is -0.120. The lowest BCUT2D eigenvalue weighted by atomic mass is 10.1. The van der Waals surface area contributed by atoms with Gasteiger partial charge in [0.2, 0.25) is 0 Å². The van der Waals surface area contributed by atoms with Crippen molar-refractivity contribution in [3.63, 3.8) is 0 Å². The Kier molecular flexibility index (Phi) is 2.86. The maximum Gasteiger partial charge on any atom is 0.0695 e. The first kappa shape index (κ1) is 9.44. The van der Waals surface area contributed by atoms with Gasteiger partial charge in [0.25, 0.3) is 0 Å². The highest BCUT2D eigenvalue weighted by Crippen LogP contribution is 2.24. The highest BCUT2D eigenvalue weighted by molar-refractivity contribution is 4.87. The van der Waals surface area contributed by atoms with Crippen molar-refractivity contribution in [1.29, 1.82) is 0 Å². The highest BCUT2D eigenvalue weighted by Gasteiger charge is 2.31. The second-order valence-corrected chi connectivity index (χ2v) is 4.40. The molecule has 0 spiro atoms. The monoisotopic (exact) mass is 184 g/mol. The van der Waals surface area contributed by atoms with Gasteiger partial charge in [-0.3, -0.25) is 4.90 Å². The smallest absolute Gasteiger partial charge is 0.0695 e. The third-order valence-corrected chi connectivity index (χ3v) is 3.45. The SMILES string of the molecule is CN1CCN([C@H]2CCC[C@H]2O)CC1. The van der Waals surface area contributed by atoms with Gasteiger partial charge in [-0.2, -0.15) is 0 Å². The minimum Gasteiger partial charge on any atom is -0.391 e. The zero-order valence-electron chi connectivity index (χ0n) is 8.45. The Bertz CT molecular complexity index is 166. The van der Waals surface area contributed by atoms with Gasteiger partial charge in [-0.15, -0.1) is 0 Å². The van der Waals surface area contributed by atoms with Crippen molar-refractivity contribution in [2.45, 2.75) is 31.4 Å². The van der Waals surface area contributed by atoms with Crippen LogP contribution in [0.15, 0.2) is 0 Å². The van der Waals surface area contributed by atoms with Gasteiger partial charge in [-0.1, -0.05) is 0 Å². The zero-order valence-corrected chi connectivity index (χ0v) is 8.45. The van der Waals surface area contributed by atoms with Crippen molar-refractivity contribution in [3.05, 3.63) is 0 Å². The van der Waals surface area contributed by atoms with Gasteiger partial charge in [0.05, 0.1) is 6.10 Å². The molecule has 1 heterocycles. The summed E-state index contributed by atoms with van der Waals surface area (Å²) in [5.41, 5.74) is 0. The van der Waals surface area contributed by atoms with E-state index < -0.39 is 0 Å². The fraction of sp³-hybridized carbons (Fsp3) is 1.00. The number of nitrogens with zero attached hydrogens (tertiary/aromatic N) is 2. The Morgan fingerprint density at radius 1 is 1.08 bits per heavy atom. The van der Waals surface area contributed by atoms with Crippen LogP contribution in [0.3, 0.4) is 0 Å². The number of hydrogen-bond donors (Lipinski definition) is 1. The van der Waals surface area contributed by atoms with E-state index in [0.717, 1.165) is 32.6 Å². The summed E-state index contributed by atoms with van der Waals surface area (Å²) < 4.78 is 0. The number of piperazine rings is 1. The van der Waals surface area contributed by atoms with Crippen molar-refractivity contribution < 1.29 is 5.11 Å². The second-order valence-electron chi connectivity index (χ2n) is 4.40. The second kappa shape index (κ2) is 3.95. The molecule has 0 bridgehead atoms. The first-order valence-electron chi connectivity index (χ1n) is 5.38. The number of rotatable bonds is 1. The molecule has 2 atom stereocenters. The summed E-state index contributed by atoms with van der Waals surface area (Å²) in [7, 11) is 2.17. The lowest BCUT2D eigenvalue weighted by molar-refractivity contribution is 0.0415. The summed E-state index contributed by atoms with van der Waals surface area (Å²) in [6, 6.07) is 0.466. The Balaban J connectivity index is 1.86. The van der Waals surface area contributed by atoms with Gasteiger partial charge in [0, 0.05) is 32.2 Å². The van der Waals surface area contributed by atoms with E-state index >= 15 is 0 Å². The van der Waals surface area contributed by atoms with Crippen LogP contribution in [-0.4, -0.2) is 60.3 Å². The lowest BCUT2D eigenvalue weighted by Gasteiger charge is -2.37. The molecule has 0 aromatic rings. The number of aliphatic hydroxyl groups is 1. The molecular formula is C10H20N2O. The van der Waals surface area contributed by atoms with Crippen LogP contribution in [0.2, 0.25) is 0 Å². The molecule has 2 rings (SSSR count). The van der Waals surface area contributed by atoms with Crippen molar-refractivity contribution in [3.8, 4) is 0 Å². The molecule has 1 saturated carbocycles. The molecular weight excluding hydrogens is 164 g/mol. The summed E-state index contributed by atoms with van der Waals surface area (Å²) >= 11 is 0. The van der Waals surface area contributed by atoms with Crippen LogP contribution < -0.4 is 0 Å². The topological polar surface area (TPSA) is 26.7 Å². The molecule has 0 radical (unpaired) electrons. The number of aliphatic hydroxyl groups excluding tert-OH is 1.